The number of hydrogen-bond donors (Lipinski definition) is 1. The highest BCUT2D eigenvalue weighted by molar-refractivity contribution is 5.99. The molecule has 0 atom stereocenters. The molecular formula is C29H37FN6O2. The molecule has 3 heterocycles. The Hall–Kier alpha value is -3.59. The molecule has 0 spiro atoms. The maximum absolute atomic E-state index is 13.0. The van der Waals surface area contributed by atoms with Crippen molar-refractivity contribution in [3.8, 4) is 0 Å². The van der Waals surface area contributed by atoms with Crippen LogP contribution in [-0.4, -0.2) is 74.3 Å². The molecule has 2 aromatic heterocycles. The van der Waals surface area contributed by atoms with Crippen LogP contribution < -0.4 is 10.2 Å². The minimum Gasteiger partial charge on any atom is -0.367 e. The van der Waals surface area contributed by atoms with Crippen molar-refractivity contribution in [1.29, 1.82) is 0 Å². The molecule has 38 heavy (non-hydrogen) atoms. The molecule has 1 amide bonds. The molecule has 3 aromatic rings. The van der Waals surface area contributed by atoms with Crippen LogP contribution in [0.4, 0.5) is 15.8 Å². The minimum atomic E-state index is -0.427. The summed E-state index contributed by atoms with van der Waals surface area (Å²) in [5.74, 6) is 0.581. The van der Waals surface area contributed by atoms with Gasteiger partial charge in [-0.15, -0.1) is 0 Å². The first kappa shape index (κ1) is 27.4. The summed E-state index contributed by atoms with van der Waals surface area (Å²) in [6, 6.07) is 9.70. The second-order valence-corrected chi connectivity index (χ2v) is 10.1. The first-order chi connectivity index (χ1) is 18.4. The normalized spacial score (nSPS) is 14.6. The molecule has 1 aliphatic carbocycles. The number of aliphatic imine (C=N–C) groups is 1. The van der Waals surface area contributed by atoms with E-state index >= 15 is 0 Å². The molecule has 1 aromatic carbocycles. The van der Waals surface area contributed by atoms with Gasteiger partial charge >= 0.3 is 0 Å². The third kappa shape index (κ3) is 5.93. The van der Waals surface area contributed by atoms with E-state index in [0.717, 1.165) is 47.2 Å². The molecule has 5 rings (SSSR count). The summed E-state index contributed by atoms with van der Waals surface area (Å²) >= 11 is 0. The van der Waals surface area contributed by atoms with Crippen molar-refractivity contribution >= 4 is 41.3 Å². The average molecular weight is 521 g/mol. The number of aldehydes is 1. The molecule has 1 N–H and O–H groups in total. The van der Waals surface area contributed by atoms with Gasteiger partial charge in [0, 0.05) is 43.3 Å². The average Bonchev–Trinajstić information content (AvgIpc) is 3.69. The molecule has 1 fully saturated rings. The Balaban J connectivity index is 0.00000107. The number of alkyl halides is 1. The molecule has 1 aliphatic heterocycles. The Bertz CT molecular complexity index is 1320. The van der Waals surface area contributed by atoms with Crippen molar-refractivity contribution in [3.63, 3.8) is 0 Å². The lowest BCUT2D eigenvalue weighted by atomic mass is 9.96. The molecule has 0 radical (unpaired) electrons. The number of benzene rings is 1. The highest BCUT2D eigenvalue weighted by Gasteiger charge is 2.27. The van der Waals surface area contributed by atoms with Crippen LogP contribution >= 0.6 is 0 Å². The van der Waals surface area contributed by atoms with Crippen LogP contribution in [0.2, 0.25) is 0 Å². The fourth-order valence-corrected chi connectivity index (χ4v) is 4.93. The van der Waals surface area contributed by atoms with Gasteiger partial charge in [-0.3, -0.25) is 19.0 Å². The van der Waals surface area contributed by atoms with Crippen LogP contribution in [0.1, 0.15) is 51.4 Å². The van der Waals surface area contributed by atoms with Gasteiger partial charge < -0.3 is 19.7 Å². The fraction of sp³-hybridized carbons (Fsp3) is 0.448. The minimum absolute atomic E-state index is 0.0691. The van der Waals surface area contributed by atoms with Gasteiger partial charge in [-0.2, -0.15) is 0 Å². The van der Waals surface area contributed by atoms with Crippen molar-refractivity contribution in [2.24, 2.45) is 10.9 Å². The number of pyridine rings is 1. The van der Waals surface area contributed by atoms with E-state index in [9.17, 15) is 14.0 Å². The third-order valence-corrected chi connectivity index (χ3v) is 7.02. The zero-order valence-electron chi connectivity index (χ0n) is 22.5. The summed E-state index contributed by atoms with van der Waals surface area (Å²) < 4.78 is 14.9. The van der Waals surface area contributed by atoms with Crippen LogP contribution in [0.25, 0.3) is 11.0 Å². The van der Waals surface area contributed by atoms with Crippen LogP contribution in [0, 0.1) is 5.92 Å². The molecule has 202 valence electrons. The van der Waals surface area contributed by atoms with E-state index in [2.05, 4.69) is 37.5 Å². The molecule has 0 saturated heterocycles. The molecule has 2 aliphatic rings. The number of hydrogen-bond acceptors (Lipinski definition) is 6. The Morgan fingerprint density at radius 3 is 2.68 bits per heavy atom. The van der Waals surface area contributed by atoms with E-state index in [0.29, 0.717) is 48.9 Å². The maximum atomic E-state index is 13.0. The summed E-state index contributed by atoms with van der Waals surface area (Å²) in [5, 5.41) is 3.77. The van der Waals surface area contributed by atoms with Crippen molar-refractivity contribution < 1.29 is 14.0 Å². The first-order valence-corrected chi connectivity index (χ1v) is 13.2. The summed E-state index contributed by atoms with van der Waals surface area (Å²) in [6.07, 6.45) is 4.30. The second kappa shape index (κ2) is 12.3. The van der Waals surface area contributed by atoms with Crippen LogP contribution in [-0.2, 0) is 19.5 Å². The molecular weight excluding hydrogens is 483 g/mol. The quantitative estimate of drug-likeness (QED) is 0.316. The van der Waals surface area contributed by atoms with Crippen molar-refractivity contribution in [1.82, 2.24) is 19.8 Å². The van der Waals surface area contributed by atoms with Gasteiger partial charge in [-0.1, -0.05) is 0 Å². The topological polar surface area (TPSA) is 82.8 Å². The lowest BCUT2D eigenvalue weighted by Crippen LogP contribution is -2.38. The molecule has 9 heteroatoms. The molecule has 0 bridgehead atoms. The predicted molar refractivity (Wildman–Crippen MR) is 151 cm³/mol. The number of aromatic nitrogens is 2. The number of rotatable bonds is 10. The zero-order chi connectivity index (χ0) is 27.2. The van der Waals surface area contributed by atoms with E-state index in [-0.39, 0.29) is 5.91 Å². The maximum Gasteiger partial charge on any atom is 0.254 e. The van der Waals surface area contributed by atoms with Gasteiger partial charge in [0.25, 0.3) is 5.91 Å². The Kier molecular flexibility index (Phi) is 8.89. The van der Waals surface area contributed by atoms with E-state index in [4.69, 9.17) is 0 Å². The lowest BCUT2D eigenvalue weighted by Gasteiger charge is -2.30. The SMILES string of the molecule is C=Nc1cc2c(cc1N(C)Cc1cc3ccc(C=O)nc3n1CC1CC1)CCN(CCCF)C2=O.CNC. The van der Waals surface area contributed by atoms with Crippen LogP contribution in [0.3, 0.4) is 0 Å². The number of fused-ring (bicyclic) bond motifs is 2. The number of nitrogens with zero attached hydrogens (tertiary/aromatic N) is 5. The number of halogens is 1. The summed E-state index contributed by atoms with van der Waals surface area (Å²) in [4.78, 5) is 36.9. The fourth-order valence-electron chi connectivity index (χ4n) is 4.93. The van der Waals surface area contributed by atoms with E-state index in [1.807, 2.05) is 39.3 Å². The summed E-state index contributed by atoms with van der Waals surface area (Å²) in [5.41, 5.74) is 5.57. The number of amides is 1. The van der Waals surface area contributed by atoms with Crippen molar-refractivity contribution in [2.45, 2.75) is 38.8 Å². The van der Waals surface area contributed by atoms with E-state index in [1.165, 1.54) is 12.8 Å². The van der Waals surface area contributed by atoms with Crippen molar-refractivity contribution in [2.75, 3.05) is 45.8 Å². The lowest BCUT2D eigenvalue weighted by molar-refractivity contribution is 0.0735. The zero-order valence-corrected chi connectivity index (χ0v) is 22.5. The van der Waals surface area contributed by atoms with Gasteiger partial charge in [0.15, 0.2) is 6.29 Å². The van der Waals surface area contributed by atoms with Crippen LogP contribution in [0.15, 0.2) is 35.3 Å². The molecule has 1 saturated carbocycles. The monoisotopic (exact) mass is 520 g/mol. The first-order valence-electron chi connectivity index (χ1n) is 13.2. The molecule has 0 unspecified atom stereocenters. The Morgan fingerprint density at radius 1 is 1.26 bits per heavy atom. The van der Waals surface area contributed by atoms with Gasteiger partial charge in [0.05, 0.1) is 24.6 Å². The number of anilines is 1. The van der Waals surface area contributed by atoms with E-state index in [1.54, 1.807) is 11.0 Å². The van der Waals surface area contributed by atoms with Gasteiger partial charge in [-0.05, 0) is 88.3 Å². The number of carbonyl (C=O) groups is 2. The van der Waals surface area contributed by atoms with Gasteiger partial charge in [0.2, 0.25) is 0 Å². The Labute approximate surface area is 223 Å². The molecule has 8 nitrogen and oxygen atoms in total. The number of carbonyl (C=O) groups excluding carboxylic acids is 2. The smallest absolute Gasteiger partial charge is 0.254 e. The second-order valence-electron chi connectivity index (χ2n) is 10.1. The van der Waals surface area contributed by atoms with Gasteiger partial charge in [0.1, 0.15) is 11.3 Å². The Morgan fingerprint density at radius 2 is 2.03 bits per heavy atom. The highest BCUT2D eigenvalue weighted by Crippen LogP contribution is 2.36. The summed E-state index contributed by atoms with van der Waals surface area (Å²) in [6.45, 7) is 5.85. The van der Waals surface area contributed by atoms with E-state index < -0.39 is 6.67 Å². The van der Waals surface area contributed by atoms with Crippen molar-refractivity contribution in [3.05, 3.63) is 52.8 Å². The predicted octanol–water partition coefficient (Wildman–Crippen LogP) is 4.42. The largest absolute Gasteiger partial charge is 0.367 e. The summed E-state index contributed by atoms with van der Waals surface area (Å²) in [7, 11) is 5.76. The van der Waals surface area contributed by atoms with Gasteiger partial charge in [-0.25, -0.2) is 4.98 Å². The third-order valence-electron chi connectivity index (χ3n) is 7.02. The highest BCUT2D eigenvalue weighted by atomic mass is 19.1. The number of nitrogens with one attached hydrogen (secondary N) is 1. The van der Waals surface area contributed by atoms with Crippen LogP contribution in [0.5, 0.6) is 0 Å². The standard InChI is InChI=1S/C27H30FN5O2.C2H7N/c1-29-24-14-23-19(8-11-32(27(23)35)10-3-9-28)13-25(24)31(2)16-22-12-20-6-7-21(17-34)30-26(20)33(22)15-18-4-5-18;1-3-2/h6-7,12-14,17-18H,1,3-5,8-11,15-16H2,2H3;3H,1-2H3.